The van der Waals surface area contributed by atoms with Crippen LogP contribution in [-0.2, 0) is 13.0 Å². The van der Waals surface area contributed by atoms with Gasteiger partial charge in [0.25, 0.3) is 0 Å². The minimum absolute atomic E-state index is 0.197. The molecule has 0 saturated carbocycles. The van der Waals surface area contributed by atoms with Crippen LogP contribution in [0.25, 0.3) is 0 Å². The van der Waals surface area contributed by atoms with Crippen LogP contribution in [-0.4, -0.2) is 20.7 Å². The number of aromatic hydroxyl groups is 1. The molecular formula is C17H23N3O. The predicted octanol–water partition coefficient (Wildman–Crippen LogP) is 2.95. The van der Waals surface area contributed by atoms with Crippen molar-refractivity contribution in [1.29, 1.82) is 0 Å². The van der Waals surface area contributed by atoms with Gasteiger partial charge in [0.2, 0.25) is 0 Å². The Hall–Kier alpha value is -1.81. The molecule has 0 unspecified atom stereocenters. The number of phenolic OH excluding ortho intramolecular Hbond substituents is 1. The third-order valence-electron chi connectivity index (χ3n) is 4.27. The fraction of sp³-hybridized carbons (Fsp3) is 0.471. The van der Waals surface area contributed by atoms with Crippen molar-refractivity contribution in [2.24, 2.45) is 0 Å². The van der Waals surface area contributed by atoms with Crippen LogP contribution in [0.15, 0.2) is 30.5 Å². The Labute approximate surface area is 125 Å². The van der Waals surface area contributed by atoms with E-state index in [1.54, 1.807) is 6.07 Å². The Morgan fingerprint density at radius 1 is 1.43 bits per heavy atom. The molecule has 2 heterocycles. The van der Waals surface area contributed by atoms with Crippen LogP contribution in [0.1, 0.15) is 42.9 Å². The van der Waals surface area contributed by atoms with Gasteiger partial charge in [-0.3, -0.25) is 0 Å². The summed E-state index contributed by atoms with van der Waals surface area (Å²) in [4.78, 5) is 4.55. The molecule has 2 aromatic rings. The smallest absolute Gasteiger partial charge is 0.120 e. The third kappa shape index (κ3) is 2.95. The summed E-state index contributed by atoms with van der Waals surface area (Å²) in [6.07, 6.45) is 5.21. The number of nitrogens with zero attached hydrogens (tertiary/aromatic N) is 2. The summed E-state index contributed by atoms with van der Waals surface area (Å²) in [5, 5.41) is 13.8. The van der Waals surface area contributed by atoms with Crippen LogP contribution >= 0.6 is 0 Å². The van der Waals surface area contributed by atoms with Gasteiger partial charge in [0.15, 0.2) is 0 Å². The van der Waals surface area contributed by atoms with Crippen molar-refractivity contribution in [1.82, 2.24) is 14.9 Å². The zero-order valence-corrected chi connectivity index (χ0v) is 12.7. The Morgan fingerprint density at radius 2 is 2.24 bits per heavy atom. The summed E-state index contributed by atoms with van der Waals surface area (Å²) in [6, 6.07) is 8.24. The first-order valence-corrected chi connectivity index (χ1v) is 7.74. The average Bonchev–Trinajstić information content (AvgIpc) is 2.85. The van der Waals surface area contributed by atoms with Crippen molar-refractivity contribution in [3.63, 3.8) is 0 Å². The molecule has 1 aromatic heterocycles. The van der Waals surface area contributed by atoms with E-state index in [2.05, 4.69) is 28.0 Å². The number of rotatable bonds is 4. The first-order chi connectivity index (χ1) is 10.2. The lowest BCUT2D eigenvalue weighted by atomic mass is 10.00. The summed E-state index contributed by atoms with van der Waals surface area (Å²) in [6.45, 7) is 5.16. The molecule has 0 aliphatic carbocycles. The van der Waals surface area contributed by atoms with Crippen LogP contribution in [0.5, 0.6) is 5.75 Å². The summed E-state index contributed by atoms with van der Waals surface area (Å²) in [5.41, 5.74) is 2.09. The number of benzene rings is 1. The van der Waals surface area contributed by atoms with E-state index in [0.717, 1.165) is 37.1 Å². The van der Waals surface area contributed by atoms with Gasteiger partial charge in [-0.15, -0.1) is 0 Å². The van der Waals surface area contributed by atoms with Crippen molar-refractivity contribution in [2.75, 3.05) is 0 Å². The highest BCUT2D eigenvalue weighted by Crippen LogP contribution is 2.27. The third-order valence-corrected chi connectivity index (χ3v) is 4.27. The molecule has 1 aliphatic rings. The molecule has 0 fully saturated rings. The van der Waals surface area contributed by atoms with Gasteiger partial charge in [0, 0.05) is 36.8 Å². The molecule has 2 atom stereocenters. The number of aromatic nitrogens is 2. The second-order valence-corrected chi connectivity index (χ2v) is 5.87. The molecule has 0 amide bonds. The zero-order valence-electron chi connectivity index (χ0n) is 12.7. The standard InChI is InChI=1S/C17H23N3O/c1-3-15(14-6-4-5-7-16(14)21)19-13-8-9-17-18-12(2)10-20(17)11-13/h4-7,10,13,15,19,21H,3,8-9,11H2,1-2H3/t13-,15-/m0/s1. The summed E-state index contributed by atoms with van der Waals surface area (Å²) < 4.78 is 2.26. The van der Waals surface area contributed by atoms with E-state index in [1.165, 1.54) is 5.82 Å². The molecule has 112 valence electrons. The zero-order chi connectivity index (χ0) is 14.8. The molecule has 0 bridgehead atoms. The van der Waals surface area contributed by atoms with Crippen LogP contribution in [0.3, 0.4) is 0 Å². The highest BCUT2D eigenvalue weighted by molar-refractivity contribution is 5.34. The summed E-state index contributed by atoms with van der Waals surface area (Å²) >= 11 is 0. The maximum Gasteiger partial charge on any atom is 0.120 e. The van der Waals surface area contributed by atoms with Gasteiger partial charge < -0.3 is 15.0 Å². The van der Waals surface area contributed by atoms with Crippen molar-refractivity contribution in [2.45, 2.75) is 51.7 Å². The molecule has 4 heteroatoms. The Balaban J connectivity index is 1.72. The van der Waals surface area contributed by atoms with E-state index >= 15 is 0 Å². The molecule has 1 aliphatic heterocycles. The molecule has 3 rings (SSSR count). The highest BCUT2D eigenvalue weighted by Gasteiger charge is 2.23. The van der Waals surface area contributed by atoms with Gasteiger partial charge in [-0.25, -0.2) is 4.98 Å². The van der Waals surface area contributed by atoms with Gasteiger partial charge in [-0.05, 0) is 25.8 Å². The monoisotopic (exact) mass is 285 g/mol. The normalized spacial score (nSPS) is 19.2. The lowest BCUT2D eigenvalue weighted by Gasteiger charge is -2.29. The number of hydrogen-bond donors (Lipinski definition) is 2. The molecule has 2 N–H and O–H groups in total. The molecule has 4 nitrogen and oxygen atoms in total. The second kappa shape index (κ2) is 5.90. The predicted molar refractivity (Wildman–Crippen MR) is 83.3 cm³/mol. The van der Waals surface area contributed by atoms with E-state index in [0.29, 0.717) is 11.8 Å². The topological polar surface area (TPSA) is 50.1 Å². The molecule has 0 saturated heterocycles. The SMILES string of the molecule is CC[C@H](N[C@H]1CCc2nc(C)cn2C1)c1ccccc1O. The number of hydrogen-bond acceptors (Lipinski definition) is 3. The fourth-order valence-corrected chi connectivity index (χ4v) is 3.22. The van der Waals surface area contributed by atoms with Gasteiger partial charge in [0.1, 0.15) is 11.6 Å². The van der Waals surface area contributed by atoms with E-state index < -0.39 is 0 Å². The van der Waals surface area contributed by atoms with Crippen molar-refractivity contribution >= 4 is 0 Å². The number of nitrogens with one attached hydrogen (secondary N) is 1. The Morgan fingerprint density at radius 3 is 3.00 bits per heavy atom. The summed E-state index contributed by atoms with van der Waals surface area (Å²) in [5.74, 6) is 1.58. The van der Waals surface area contributed by atoms with Crippen LogP contribution in [0.4, 0.5) is 0 Å². The van der Waals surface area contributed by atoms with Crippen LogP contribution in [0.2, 0.25) is 0 Å². The highest BCUT2D eigenvalue weighted by atomic mass is 16.3. The van der Waals surface area contributed by atoms with E-state index in [9.17, 15) is 5.11 Å². The minimum atomic E-state index is 0.197. The molecular weight excluding hydrogens is 262 g/mol. The van der Waals surface area contributed by atoms with Crippen molar-refractivity contribution in [3.05, 3.63) is 47.5 Å². The lowest BCUT2D eigenvalue weighted by molar-refractivity contribution is 0.333. The maximum absolute atomic E-state index is 10.0. The first-order valence-electron chi connectivity index (χ1n) is 7.74. The lowest BCUT2D eigenvalue weighted by Crippen LogP contribution is -2.39. The first kappa shape index (κ1) is 14.1. The van der Waals surface area contributed by atoms with Crippen LogP contribution < -0.4 is 5.32 Å². The maximum atomic E-state index is 10.0. The quantitative estimate of drug-likeness (QED) is 0.908. The molecule has 0 spiro atoms. The average molecular weight is 285 g/mol. The molecule has 21 heavy (non-hydrogen) atoms. The van der Waals surface area contributed by atoms with Crippen LogP contribution in [0, 0.1) is 6.92 Å². The number of imidazole rings is 1. The summed E-state index contributed by atoms with van der Waals surface area (Å²) in [7, 11) is 0. The fourth-order valence-electron chi connectivity index (χ4n) is 3.22. The van der Waals surface area contributed by atoms with Gasteiger partial charge >= 0.3 is 0 Å². The van der Waals surface area contributed by atoms with Crippen molar-refractivity contribution < 1.29 is 5.11 Å². The molecule has 1 aromatic carbocycles. The van der Waals surface area contributed by atoms with Gasteiger partial charge in [0.05, 0.1) is 5.69 Å². The van der Waals surface area contributed by atoms with E-state index in [-0.39, 0.29) is 6.04 Å². The Kier molecular flexibility index (Phi) is 3.97. The number of aryl methyl sites for hydroxylation is 2. The minimum Gasteiger partial charge on any atom is -0.508 e. The number of fused-ring (bicyclic) bond motifs is 1. The van der Waals surface area contributed by atoms with E-state index in [4.69, 9.17) is 0 Å². The second-order valence-electron chi connectivity index (χ2n) is 5.87. The van der Waals surface area contributed by atoms with E-state index in [1.807, 2.05) is 25.1 Å². The Bertz CT molecular complexity index is 620. The molecule has 0 radical (unpaired) electrons. The van der Waals surface area contributed by atoms with Gasteiger partial charge in [-0.2, -0.15) is 0 Å². The largest absolute Gasteiger partial charge is 0.508 e. The number of phenols is 1. The van der Waals surface area contributed by atoms with Gasteiger partial charge in [-0.1, -0.05) is 25.1 Å². The van der Waals surface area contributed by atoms with Crippen molar-refractivity contribution in [3.8, 4) is 5.75 Å². The number of para-hydroxylation sites is 1.